The van der Waals surface area contributed by atoms with Gasteiger partial charge >= 0.3 is 0 Å². The molecule has 1 aromatic heterocycles. The third kappa shape index (κ3) is 4.68. The lowest BCUT2D eigenvalue weighted by atomic mass is 9.97. The summed E-state index contributed by atoms with van der Waals surface area (Å²) in [7, 11) is 2.04. The highest BCUT2D eigenvalue weighted by atomic mass is 16.1. The normalized spacial score (nSPS) is 17.2. The van der Waals surface area contributed by atoms with Crippen LogP contribution in [0.4, 0.5) is 11.6 Å². The van der Waals surface area contributed by atoms with Gasteiger partial charge in [-0.2, -0.15) is 0 Å². The first-order valence-corrected chi connectivity index (χ1v) is 8.80. The lowest BCUT2D eigenvalue weighted by Crippen LogP contribution is -2.45. The monoisotopic (exact) mass is 339 g/mol. The van der Waals surface area contributed by atoms with E-state index >= 15 is 0 Å². The van der Waals surface area contributed by atoms with Gasteiger partial charge in [0.15, 0.2) is 0 Å². The number of amides is 1. The van der Waals surface area contributed by atoms with Gasteiger partial charge in [-0.05, 0) is 31.0 Å². The van der Waals surface area contributed by atoms with Gasteiger partial charge in [0.25, 0.3) is 0 Å². The van der Waals surface area contributed by atoms with Crippen molar-refractivity contribution in [2.75, 3.05) is 43.0 Å². The lowest BCUT2D eigenvalue weighted by molar-refractivity contribution is -0.125. The van der Waals surface area contributed by atoms with E-state index in [1.54, 1.807) is 18.5 Å². The first kappa shape index (κ1) is 17.2. The first-order valence-electron chi connectivity index (χ1n) is 8.80. The van der Waals surface area contributed by atoms with Crippen LogP contribution in [0.5, 0.6) is 0 Å². The quantitative estimate of drug-likeness (QED) is 0.871. The molecule has 132 valence electrons. The van der Waals surface area contributed by atoms with Gasteiger partial charge in [0.1, 0.15) is 0 Å². The summed E-state index contributed by atoms with van der Waals surface area (Å²) in [5, 5.41) is 3.08. The van der Waals surface area contributed by atoms with Crippen LogP contribution in [-0.2, 0) is 4.79 Å². The van der Waals surface area contributed by atoms with Gasteiger partial charge in [-0.3, -0.25) is 4.79 Å². The number of carbonyl (C=O) groups is 1. The van der Waals surface area contributed by atoms with Gasteiger partial charge in [-0.1, -0.05) is 18.2 Å². The Bertz CT molecular complexity index is 664. The van der Waals surface area contributed by atoms with Crippen LogP contribution >= 0.6 is 0 Å². The highest BCUT2D eigenvalue weighted by Crippen LogP contribution is 2.20. The number of nitrogens with zero attached hydrogens (tertiary/aromatic N) is 4. The summed E-state index contributed by atoms with van der Waals surface area (Å²) < 4.78 is 0. The Kier molecular flexibility index (Phi) is 5.82. The number of hydrogen-bond donors (Lipinski definition) is 1. The number of likely N-dealkylation sites (N-methyl/N-ethyl adjacent to an activating group) is 1. The molecule has 1 fully saturated rings. The van der Waals surface area contributed by atoms with Crippen molar-refractivity contribution in [1.82, 2.24) is 15.3 Å². The van der Waals surface area contributed by atoms with Gasteiger partial charge < -0.3 is 15.1 Å². The van der Waals surface area contributed by atoms with Crippen LogP contribution in [0, 0.1) is 5.92 Å². The van der Waals surface area contributed by atoms with Crippen molar-refractivity contribution in [3.05, 3.63) is 48.8 Å². The summed E-state index contributed by atoms with van der Waals surface area (Å²) in [4.78, 5) is 25.3. The van der Waals surface area contributed by atoms with Crippen molar-refractivity contribution in [2.24, 2.45) is 5.92 Å². The van der Waals surface area contributed by atoms with Gasteiger partial charge in [-0.15, -0.1) is 0 Å². The summed E-state index contributed by atoms with van der Waals surface area (Å²) >= 11 is 0. The predicted molar refractivity (Wildman–Crippen MR) is 99.7 cm³/mol. The molecule has 1 N–H and O–H groups in total. The Labute approximate surface area is 148 Å². The van der Waals surface area contributed by atoms with Crippen molar-refractivity contribution in [3.8, 4) is 0 Å². The number of rotatable bonds is 6. The summed E-state index contributed by atoms with van der Waals surface area (Å²) in [6, 6.07) is 12.0. The molecule has 0 radical (unpaired) electrons. The Morgan fingerprint density at radius 2 is 2.00 bits per heavy atom. The van der Waals surface area contributed by atoms with Crippen molar-refractivity contribution in [1.29, 1.82) is 0 Å². The zero-order valence-corrected chi connectivity index (χ0v) is 14.6. The van der Waals surface area contributed by atoms with Crippen LogP contribution in [0.3, 0.4) is 0 Å². The molecule has 2 aromatic rings. The predicted octanol–water partition coefficient (Wildman–Crippen LogP) is 1.95. The van der Waals surface area contributed by atoms with Gasteiger partial charge in [0.05, 0.1) is 5.92 Å². The first-order chi connectivity index (χ1) is 12.2. The van der Waals surface area contributed by atoms with Gasteiger partial charge in [-0.25, -0.2) is 9.97 Å². The summed E-state index contributed by atoms with van der Waals surface area (Å²) in [6.07, 6.45) is 5.39. The molecule has 6 heteroatoms. The molecular formula is C19H25N5O. The average molecular weight is 339 g/mol. The topological polar surface area (TPSA) is 61.4 Å². The number of aromatic nitrogens is 2. The molecule has 1 aliphatic heterocycles. The second-order valence-electron chi connectivity index (χ2n) is 6.38. The van der Waals surface area contributed by atoms with Crippen LogP contribution < -0.4 is 15.1 Å². The van der Waals surface area contributed by atoms with Crippen molar-refractivity contribution in [3.63, 3.8) is 0 Å². The Hall–Kier alpha value is -2.63. The molecule has 0 bridgehead atoms. The second kappa shape index (κ2) is 8.46. The molecular weight excluding hydrogens is 314 g/mol. The van der Waals surface area contributed by atoms with Crippen molar-refractivity contribution >= 4 is 17.5 Å². The number of piperidine rings is 1. The maximum Gasteiger partial charge on any atom is 0.225 e. The molecule has 1 aliphatic rings. The average Bonchev–Trinajstić information content (AvgIpc) is 2.69. The summed E-state index contributed by atoms with van der Waals surface area (Å²) in [5.74, 6) is 0.838. The third-order valence-corrected chi connectivity index (χ3v) is 4.57. The van der Waals surface area contributed by atoms with E-state index in [2.05, 4.69) is 37.2 Å². The largest absolute Gasteiger partial charge is 0.373 e. The molecule has 2 heterocycles. The Morgan fingerprint density at radius 1 is 1.24 bits per heavy atom. The van der Waals surface area contributed by atoms with E-state index in [1.165, 1.54) is 0 Å². The highest BCUT2D eigenvalue weighted by molar-refractivity contribution is 5.79. The molecule has 0 aliphatic carbocycles. The van der Waals surface area contributed by atoms with Crippen LogP contribution in [-0.4, -0.2) is 49.1 Å². The van der Waals surface area contributed by atoms with E-state index in [4.69, 9.17) is 0 Å². The maximum absolute atomic E-state index is 12.5. The fraction of sp³-hybridized carbons (Fsp3) is 0.421. The number of carbonyl (C=O) groups excluding carboxylic acids is 1. The fourth-order valence-corrected chi connectivity index (χ4v) is 3.13. The molecule has 0 spiro atoms. The number of nitrogens with one attached hydrogen (secondary N) is 1. The Balaban J connectivity index is 1.46. The van der Waals surface area contributed by atoms with Crippen LogP contribution in [0.2, 0.25) is 0 Å². The number of anilines is 2. The van der Waals surface area contributed by atoms with E-state index in [0.29, 0.717) is 19.0 Å². The lowest BCUT2D eigenvalue weighted by Gasteiger charge is -2.32. The maximum atomic E-state index is 12.5. The van der Waals surface area contributed by atoms with Crippen molar-refractivity contribution in [2.45, 2.75) is 12.8 Å². The zero-order chi connectivity index (χ0) is 17.5. The molecule has 1 atom stereocenters. The van der Waals surface area contributed by atoms with E-state index < -0.39 is 0 Å². The number of benzene rings is 1. The van der Waals surface area contributed by atoms with E-state index in [9.17, 15) is 4.79 Å². The molecule has 25 heavy (non-hydrogen) atoms. The van der Waals surface area contributed by atoms with E-state index in [0.717, 1.165) is 31.6 Å². The summed E-state index contributed by atoms with van der Waals surface area (Å²) in [5.41, 5.74) is 1.15. The smallest absolute Gasteiger partial charge is 0.225 e. The number of para-hydroxylation sites is 1. The van der Waals surface area contributed by atoms with Gasteiger partial charge in [0.2, 0.25) is 11.9 Å². The minimum atomic E-state index is -0.000382. The second-order valence-corrected chi connectivity index (χ2v) is 6.38. The van der Waals surface area contributed by atoms with Crippen LogP contribution in [0.1, 0.15) is 12.8 Å². The fourth-order valence-electron chi connectivity index (χ4n) is 3.13. The molecule has 1 aromatic carbocycles. The summed E-state index contributed by atoms with van der Waals surface area (Å²) in [6.45, 7) is 3.02. The highest BCUT2D eigenvalue weighted by Gasteiger charge is 2.26. The molecule has 6 nitrogen and oxygen atoms in total. The van der Waals surface area contributed by atoms with Gasteiger partial charge in [0, 0.05) is 51.3 Å². The van der Waals surface area contributed by atoms with Crippen LogP contribution in [0.25, 0.3) is 0 Å². The molecule has 1 amide bonds. The molecule has 1 unspecified atom stereocenters. The SMILES string of the molecule is CN(CCNC(=O)C1CCCN(c2ncccn2)C1)c1ccccc1. The number of hydrogen-bond acceptors (Lipinski definition) is 5. The Morgan fingerprint density at radius 3 is 2.76 bits per heavy atom. The standard InChI is InChI=1S/C19H25N5O/c1-23(17-8-3-2-4-9-17)14-12-20-18(25)16-7-5-13-24(15-16)19-21-10-6-11-22-19/h2-4,6,8-11,16H,5,7,12-15H2,1H3,(H,20,25). The minimum absolute atomic E-state index is 0.000382. The molecule has 1 saturated heterocycles. The zero-order valence-electron chi connectivity index (χ0n) is 14.6. The molecule has 3 rings (SSSR count). The molecule has 0 saturated carbocycles. The van der Waals surface area contributed by atoms with E-state index in [-0.39, 0.29) is 11.8 Å². The third-order valence-electron chi connectivity index (χ3n) is 4.57. The minimum Gasteiger partial charge on any atom is -0.373 e. The van der Waals surface area contributed by atoms with Crippen molar-refractivity contribution < 1.29 is 4.79 Å². The van der Waals surface area contributed by atoms with Crippen LogP contribution in [0.15, 0.2) is 48.8 Å². The van der Waals surface area contributed by atoms with E-state index in [1.807, 2.05) is 25.2 Å².